The maximum absolute atomic E-state index is 13.4. The van der Waals surface area contributed by atoms with Gasteiger partial charge in [-0.2, -0.15) is 0 Å². The Morgan fingerprint density at radius 3 is 2.89 bits per heavy atom. The van der Waals surface area contributed by atoms with Crippen LogP contribution in [0.25, 0.3) is 0 Å². The second kappa shape index (κ2) is 8.93. The van der Waals surface area contributed by atoms with Gasteiger partial charge >= 0.3 is 12.0 Å². The maximum Gasteiger partial charge on any atom is 0.376 e. The number of nitrogens with one attached hydrogen (secondary N) is 1. The molecule has 2 amide bonds. The molecule has 0 aromatic carbocycles. The van der Waals surface area contributed by atoms with Crippen LogP contribution in [-0.4, -0.2) is 78.3 Å². The average Bonchev–Trinajstić information content (AvgIpc) is 3.39. The standard InChI is InChI=1S/C23H28N6O6/c1-13-18-20(27-19(25-13)21(30)32-4)29(14-6-8-28(18)10-14)22(31)26-17-9-15(5-7-24-17)33-11-16-12-34-23(2,3)35-16/h5,7,9,14,16H,6,8,10-12H2,1-4H3,(H,24,26,31)/t14-,16?/m0/s1. The third-order valence-electron chi connectivity index (χ3n) is 6.17. The van der Waals surface area contributed by atoms with Crippen LogP contribution in [0.15, 0.2) is 18.3 Å². The number of aryl methyl sites for hydroxylation is 1. The number of nitrogens with zero attached hydrogens (tertiary/aromatic N) is 5. The summed E-state index contributed by atoms with van der Waals surface area (Å²) < 4.78 is 21.9. The fourth-order valence-corrected chi connectivity index (χ4v) is 4.64. The van der Waals surface area contributed by atoms with Crippen LogP contribution in [0.2, 0.25) is 0 Å². The largest absolute Gasteiger partial charge is 0.491 e. The van der Waals surface area contributed by atoms with Crippen molar-refractivity contribution in [1.29, 1.82) is 0 Å². The van der Waals surface area contributed by atoms with Crippen LogP contribution in [0.3, 0.4) is 0 Å². The van der Waals surface area contributed by atoms with Crippen LogP contribution < -0.4 is 19.9 Å². The van der Waals surface area contributed by atoms with Gasteiger partial charge in [-0.25, -0.2) is 24.5 Å². The fourth-order valence-electron chi connectivity index (χ4n) is 4.64. The predicted molar refractivity (Wildman–Crippen MR) is 125 cm³/mol. The van der Waals surface area contributed by atoms with Gasteiger partial charge in [-0.3, -0.25) is 10.2 Å². The molecule has 2 fully saturated rings. The average molecular weight is 485 g/mol. The monoisotopic (exact) mass is 484 g/mol. The fraction of sp³-hybridized carbons (Fsp3) is 0.522. The van der Waals surface area contributed by atoms with E-state index in [4.69, 9.17) is 18.9 Å². The molecule has 12 heteroatoms. The number of carbonyl (C=O) groups is 2. The third kappa shape index (κ3) is 4.58. The lowest BCUT2D eigenvalue weighted by Gasteiger charge is -2.36. The molecule has 35 heavy (non-hydrogen) atoms. The molecule has 0 saturated carbocycles. The van der Waals surface area contributed by atoms with Gasteiger partial charge in [0.15, 0.2) is 11.6 Å². The molecule has 0 spiro atoms. The molecule has 12 nitrogen and oxygen atoms in total. The predicted octanol–water partition coefficient (Wildman–Crippen LogP) is 2.13. The quantitative estimate of drug-likeness (QED) is 0.630. The number of aromatic nitrogens is 3. The van der Waals surface area contributed by atoms with Crippen molar-refractivity contribution in [1.82, 2.24) is 15.0 Å². The van der Waals surface area contributed by atoms with E-state index in [1.54, 1.807) is 30.2 Å². The van der Waals surface area contributed by atoms with Crippen LogP contribution >= 0.6 is 0 Å². The van der Waals surface area contributed by atoms with Crippen molar-refractivity contribution in [2.75, 3.05) is 48.5 Å². The highest BCUT2D eigenvalue weighted by Gasteiger charge is 2.42. The molecule has 2 bridgehead atoms. The lowest BCUT2D eigenvalue weighted by Crippen LogP contribution is -2.49. The molecule has 2 atom stereocenters. The van der Waals surface area contributed by atoms with Crippen molar-refractivity contribution in [3.05, 3.63) is 29.8 Å². The van der Waals surface area contributed by atoms with Crippen molar-refractivity contribution >= 4 is 29.3 Å². The molecule has 1 N–H and O–H groups in total. The number of rotatable bonds is 5. The molecule has 0 aliphatic carbocycles. The number of fused-ring (bicyclic) bond motifs is 4. The molecular formula is C23H28N6O6. The summed E-state index contributed by atoms with van der Waals surface area (Å²) in [5.74, 6) is -0.105. The van der Waals surface area contributed by atoms with E-state index in [-0.39, 0.29) is 18.0 Å². The van der Waals surface area contributed by atoms with Crippen LogP contribution in [-0.2, 0) is 14.2 Å². The Kier molecular flexibility index (Phi) is 5.93. The molecule has 1 unspecified atom stereocenters. The minimum absolute atomic E-state index is 0.0844. The van der Waals surface area contributed by atoms with E-state index in [0.29, 0.717) is 42.8 Å². The number of ether oxygens (including phenoxy) is 4. The van der Waals surface area contributed by atoms with Crippen LogP contribution in [0.5, 0.6) is 5.75 Å². The SMILES string of the molecule is COC(=O)c1nc(C)c2c(n1)N(C(=O)Nc1cc(OCC3COC(C)(C)O3)ccn1)[C@H]1CCN2C1. The highest BCUT2D eigenvalue weighted by molar-refractivity contribution is 6.04. The second-order valence-electron chi connectivity index (χ2n) is 9.12. The van der Waals surface area contributed by atoms with Crippen molar-refractivity contribution in [3.8, 4) is 5.75 Å². The zero-order valence-corrected chi connectivity index (χ0v) is 20.1. The smallest absolute Gasteiger partial charge is 0.376 e. The van der Waals surface area contributed by atoms with Gasteiger partial charge in [0, 0.05) is 25.4 Å². The Morgan fingerprint density at radius 2 is 2.14 bits per heavy atom. The second-order valence-corrected chi connectivity index (χ2v) is 9.12. The van der Waals surface area contributed by atoms with Gasteiger partial charge in [0.2, 0.25) is 5.82 Å². The summed E-state index contributed by atoms with van der Waals surface area (Å²) in [5, 5.41) is 2.84. The zero-order chi connectivity index (χ0) is 24.7. The first-order chi connectivity index (χ1) is 16.7. The van der Waals surface area contributed by atoms with Gasteiger partial charge in [-0.1, -0.05) is 0 Å². The Bertz CT molecular complexity index is 1160. The molecule has 5 rings (SSSR count). The van der Waals surface area contributed by atoms with Gasteiger partial charge in [0.25, 0.3) is 0 Å². The highest BCUT2D eigenvalue weighted by Crippen LogP contribution is 2.40. The van der Waals surface area contributed by atoms with Crippen LogP contribution in [0, 0.1) is 6.92 Å². The summed E-state index contributed by atoms with van der Waals surface area (Å²) in [6.07, 6.45) is 2.15. The number of amides is 2. The van der Waals surface area contributed by atoms with Gasteiger partial charge in [0.1, 0.15) is 30.0 Å². The number of carbonyl (C=O) groups excluding carboxylic acids is 2. The van der Waals surface area contributed by atoms with E-state index >= 15 is 0 Å². The zero-order valence-electron chi connectivity index (χ0n) is 20.1. The first kappa shape index (κ1) is 23.2. The van der Waals surface area contributed by atoms with E-state index in [1.165, 1.54) is 7.11 Å². The van der Waals surface area contributed by atoms with Gasteiger partial charge in [-0.05, 0) is 33.3 Å². The molecule has 3 aliphatic rings. The Hall–Kier alpha value is -3.51. The van der Waals surface area contributed by atoms with Gasteiger partial charge in [0.05, 0.1) is 25.5 Å². The van der Waals surface area contributed by atoms with E-state index in [1.807, 2.05) is 13.8 Å². The Balaban J connectivity index is 1.34. The normalized spacial score (nSPS) is 22.1. The summed E-state index contributed by atoms with van der Waals surface area (Å²) in [7, 11) is 1.27. The van der Waals surface area contributed by atoms with Gasteiger partial charge in [-0.15, -0.1) is 0 Å². The molecule has 3 aliphatic heterocycles. The maximum atomic E-state index is 13.4. The number of esters is 1. The molecule has 186 valence electrons. The topological polar surface area (TPSA) is 128 Å². The third-order valence-corrected chi connectivity index (χ3v) is 6.17. The lowest BCUT2D eigenvalue weighted by atomic mass is 10.1. The van der Waals surface area contributed by atoms with Crippen molar-refractivity contribution in [2.24, 2.45) is 0 Å². The number of urea groups is 1. The van der Waals surface area contributed by atoms with E-state index in [2.05, 4.69) is 25.2 Å². The van der Waals surface area contributed by atoms with Crippen LogP contribution in [0.4, 0.5) is 22.1 Å². The summed E-state index contributed by atoms with van der Waals surface area (Å²) in [5.41, 5.74) is 1.36. The highest BCUT2D eigenvalue weighted by atomic mass is 16.7. The van der Waals surface area contributed by atoms with Gasteiger partial charge < -0.3 is 23.8 Å². The minimum atomic E-state index is -0.657. The summed E-state index contributed by atoms with van der Waals surface area (Å²) in [6.45, 7) is 7.71. The Morgan fingerprint density at radius 1 is 1.31 bits per heavy atom. The number of hydrogen-bond donors (Lipinski definition) is 1. The minimum Gasteiger partial charge on any atom is -0.491 e. The molecule has 2 aromatic heterocycles. The molecule has 5 heterocycles. The number of anilines is 3. The molecule has 2 aromatic rings. The first-order valence-corrected chi connectivity index (χ1v) is 11.5. The molecule has 0 radical (unpaired) electrons. The van der Waals surface area contributed by atoms with Crippen molar-refractivity contribution in [3.63, 3.8) is 0 Å². The van der Waals surface area contributed by atoms with E-state index in [9.17, 15) is 9.59 Å². The summed E-state index contributed by atoms with van der Waals surface area (Å²) >= 11 is 0. The van der Waals surface area contributed by atoms with Crippen LogP contribution in [0.1, 0.15) is 36.6 Å². The number of pyridine rings is 1. The van der Waals surface area contributed by atoms with E-state index in [0.717, 1.165) is 18.7 Å². The Labute approximate surface area is 202 Å². The van der Waals surface area contributed by atoms with Crippen molar-refractivity contribution < 1.29 is 28.5 Å². The van der Waals surface area contributed by atoms with Crippen molar-refractivity contribution in [2.45, 2.75) is 45.1 Å². The lowest BCUT2D eigenvalue weighted by molar-refractivity contribution is -0.141. The first-order valence-electron chi connectivity index (χ1n) is 11.5. The number of hydrogen-bond acceptors (Lipinski definition) is 10. The molecule has 2 saturated heterocycles. The van der Waals surface area contributed by atoms with E-state index < -0.39 is 17.8 Å². The summed E-state index contributed by atoms with van der Waals surface area (Å²) in [6, 6.07) is 2.87. The number of methoxy groups -OCH3 is 1. The summed E-state index contributed by atoms with van der Waals surface area (Å²) in [4.78, 5) is 42.2. The molecular weight excluding hydrogens is 456 g/mol.